The SMILES string of the molecule is CCOC(=O)c1c(NC(=O)C=Cc2cc(Cl)cc(Cl)c2OC)sc2c1CCCC2. The van der Waals surface area contributed by atoms with Crippen LogP contribution in [0.4, 0.5) is 5.00 Å². The number of aryl methyl sites for hydroxylation is 1. The van der Waals surface area contributed by atoms with E-state index in [-0.39, 0.29) is 12.5 Å². The molecule has 0 unspecified atom stereocenters. The van der Waals surface area contributed by atoms with Crippen molar-refractivity contribution in [1.82, 2.24) is 0 Å². The van der Waals surface area contributed by atoms with Crippen LogP contribution >= 0.6 is 34.5 Å². The summed E-state index contributed by atoms with van der Waals surface area (Å²) in [6, 6.07) is 3.23. The molecule has 0 bridgehead atoms. The van der Waals surface area contributed by atoms with Crippen molar-refractivity contribution < 1.29 is 19.1 Å². The van der Waals surface area contributed by atoms with Crippen molar-refractivity contribution >= 4 is 57.5 Å². The van der Waals surface area contributed by atoms with Gasteiger partial charge in [0, 0.05) is 21.5 Å². The molecule has 0 saturated heterocycles. The van der Waals surface area contributed by atoms with Gasteiger partial charge >= 0.3 is 5.97 Å². The highest BCUT2D eigenvalue weighted by Gasteiger charge is 2.26. The summed E-state index contributed by atoms with van der Waals surface area (Å²) in [4.78, 5) is 26.2. The van der Waals surface area contributed by atoms with Crippen LogP contribution in [0.2, 0.25) is 10.0 Å². The maximum atomic E-state index is 12.6. The van der Waals surface area contributed by atoms with Crippen LogP contribution in [0.25, 0.3) is 6.08 Å². The standard InChI is InChI=1S/C21H21Cl2NO4S/c1-3-28-21(26)18-14-6-4-5-7-16(14)29-20(18)24-17(25)9-8-12-10-13(22)11-15(23)19(12)27-2/h8-11H,3-7H2,1-2H3,(H,24,25). The molecule has 1 amide bonds. The van der Waals surface area contributed by atoms with E-state index < -0.39 is 5.97 Å². The number of carbonyl (C=O) groups excluding carboxylic acids is 2. The second-order valence-corrected chi connectivity index (χ2v) is 8.42. The number of amides is 1. The Bertz CT molecular complexity index is 968. The Morgan fingerprint density at radius 3 is 2.72 bits per heavy atom. The van der Waals surface area contributed by atoms with Gasteiger partial charge in [0.1, 0.15) is 10.8 Å². The van der Waals surface area contributed by atoms with Crippen LogP contribution < -0.4 is 10.1 Å². The molecule has 1 aromatic carbocycles. The van der Waals surface area contributed by atoms with Crippen molar-refractivity contribution in [3.63, 3.8) is 0 Å². The molecule has 5 nitrogen and oxygen atoms in total. The fraction of sp³-hybridized carbons (Fsp3) is 0.333. The molecule has 0 aliphatic heterocycles. The largest absolute Gasteiger partial charge is 0.495 e. The fourth-order valence-corrected chi connectivity index (χ4v) is 5.18. The van der Waals surface area contributed by atoms with Gasteiger partial charge in [-0.2, -0.15) is 0 Å². The zero-order valence-corrected chi connectivity index (χ0v) is 18.5. The second-order valence-electron chi connectivity index (χ2n) is 6.47. The summed E-state index contributed by atoms with van der Waals surface area (Å²) in [7, 11) is 1.49. The molecule has 1 aliphatic rings. The molecule has 0 spiro atoms. The Balaban J connectivity index is 1.85. The lowest BCUT2D eigenvalue weighted by Crippen LogP contribution is -2.14. The van der Waals surface area contributed by atoms with Gasteiger partial charge in [-0.05, 0) is 56.4 Å². The maximum Gasteiger partial charge on any atom is 0.341 e. The molecule has 1 heterocycles. The Kier molecular flexibility index (Phi) is 7.22. The molecule has 1 N–H and O–H groups in total. The van der Waals surface area contributed by atoms with Gasteiger partial charge in [-0.1, -0.05) is 23.2 Å². The number of fused-ring (bicyclic) bond motifs is 1. The third-order valence-electron chi connectivity index (χ3n) is 4.54. The van der Waals surface area contributed by atoms with Crippen molar-refractivity contribution in [2.75, 3.05) is 19.0 Å². The molecule has 2 aromatic rings. The number of anilines is 1. The number of ether oxygens (including phenoxy) is 2. The number of thiophene rings is 1. The van der Waals surface area contributed by atoms with E-state index in [1.165, 1.54) is 24.5 Å². The zero-order valence-electron chi connectivity index (χ0n) is 16.1. The van der Waals surface area contributed by atoms with Gasteiger partial charge in [-0.3, -0.25) is 4.79 Å². The van der Waals surface area contributed by atoms with Crippen molar-refractivity contribution in [1.29, 1.82) is 0 Å². The van der Waals surface area contributed by atoms with E-state index >= 15 is 0 Å². The third kappa shape index (κ3) is 4.94. The quantitative estimate of drug-likeness (QED) is 0.445. The van der Waals surface area contributed by atoms with Crippen molar-refractivity contribution in [3.8, 4) is 5.75 Å². The summed E-state index contributed by atoms with van der Waals surface area (Å²) in [5, 5.41) is 4.15. The summed E-state index contributed by atoms with van der Waals surface area (Å²) < 4.78 is 10.5. The van der Waals surface area contributed by atoms with Crippen LogP contribution in [0.3, 0.4) is 0 Å². The maximum absolute atomic E-state index is 12.6. The predicted octanol–water partition coefficient (Wildman–Crippen LogP) is 5.77. The lowest BCUT2D eigenvalue weighted by Gasteiger charge is -2.12. The molecular weight excluding hydrogens is 433 g/mol. The third-order valence-corrected chi connectivity index (χ3v) is 6.25. The first-order chi connectivity index (χ1) is 13.9. The summed E-state index contributed by atoms with van der Waals surface area (Å²) in [6.45, 7) is 2.05. The van der Waals surface area contributed by atoms with E-state index in [4.69, 9.17) is 32.7 Å². The van der Waals surface area contributed by atoms with Crippen LogP contribution in [0.15, 0.2) is 18.2 Å². The summed E-state index contributed by atoms with van der Waals surface area (Å²) in [5.74, 6) is -0.333. The monoisotopic (exact) mass is 453 g/mol. The van der Waals surface area contributed by atoms with Crippen molar-refractivity contribution in [3.05, 3.63) is 49.8 Å². The Morgan fingerprint density at radius 2 is 2.00 bits per heavy atom. The normalized spacial score (nSPS) is 13.2. The van der Waals surface area contributed by atoms with Crippen LogP contribution in [-0.4, -0.2) is 25.6 Å². The average Bonchev–Trinajstić information content (AvgIpc) is 3.04. The van der Waals surface area contributed by atoms with Crippen molar-refractivity contribution in [2.45, 2.75) is 32.6 Å². The zero-order chi connectivity index (χ0) is 21.0. The minimum absolute atomic E-state index is 0.284. The number of halogens is 2. The first kappa shape index (κ1) is 21.7. The number of nitrogens with one attached hydrogen (secondary N) is 1. The molecule has 29 heavy (non-hydrogen) atoms. The smallest absolute Gasteiger partial charge is 0.341 e. The van der Waals surface area contributed by atoms with E-state index in [2.05, 4.69) is 5.32 Å². The Morgan fingerprint density at radius 1 is 1.24 bits per heavy atom. The van der Waals surface area contributed by atoms with E-state index in [0.717, 1.165) is 36.1 Å². The van der Waals surface area contributed by atoms with Gasteiger partial charge in [0.2, 0.25) is 5.91 Å². The number of rotatable bonds is 6. The number of methoxy groups -OCH3 is 1. The van der Waals surface area contributed by atoms with Gasteiger partial charge in [0.15, 0.2) is 0 Å². The first-order valence-corrected chi connectivity index (χ1v) is 10.9. The van der Waals surface area contributed by atoms with E-state index in [0.29, 0.717) is 31.9 Å². The van der Waals surface area contributed by atoms with Gasteiger partial charge in [-0.15, -0.1) is 11.3 Å². The van der Waals surface area contributed by atoms with Gasteiger partial charge in [0.25, 0.3) is 0 Å². The number of hydrogen-bond acceptors (Lipinski definition) is 5. The minimum atomic E-state index is -0.394. The number of esters is 1. The molecule has 0 saturated carbocycles. The second kappa shape index (κ2) is 9.65. The molecule has 3 rings (SSSR count). The summed E-state index contributed by atoms with van der Waals surface area (Å²) >= 11 is 13.6. The van der Waals surface area contributed by atoms with Crippen LogP contribution in [0.5, 0.6) is 5.75 Å². The number of benzene rings is 1. The topological polar surface area (TPSA) is 64.6 Å². The number of carbonyl (C=O) groups is 2. The van der Waals surface area contributed by atoms with Crippen LogP contribution in [0, 0.1) is 0 Å². The highest BCUT2D eigenvalue weighted by molar-refractivity contribution is 7.17. The highest BCUT2D eigenvalue weighted by atomic mass is 35.5. The first-order valence-electron chi connectivity index (χ1n) is 9.28. The lowest BCUT2D eigenvalue weighted by atomic mass is 9.95. The fourth-order valence-electron chi connectivity index (χ4n) is 3.31. The molecule has 1 aromatic heterocycles. The van der Waals surface area contributed by atoms with E-state index in [1.807, 2.05) is 0 Å². The highest BCUT2D eigenvalue weighted by Crippen LogP contribution is 2.39. The average molecular weight is 454 g/mol. The van der Waals surface area contributed by atoms with Gasteiger partial charge in [-0.25, -0.2) is 4.79 Å². The number of hydrogen-bond donors (Lipinski definition) is 1. The Hall–Kier alpha value is -2.02. The van der Waals surface area contributed by atoms with Gasteiger partial charge < -0.3 is 14.8 Å². The van der Waals surface area contributed by atoms with Crippen LogP contribution in [0.1, 0.15) is 46.1 Å². The van der Waals surface area contributed by atoms with E-state index in [9.17, 15) is 9.59 Å². The predicted molar refractivity (Wildman–Crippen MR) is 118 cm³/mol. The lowest BCUT2D eigenvalue weighted by molar-refractivity contribution is -0.111. The summed E-state index contributed by atoms with van der Waals surface area (Å²) in [5.41, 5.74) is 2.06. The Labute approximate surface area is 183 Å². The molecule has 1 aliphatic carbocycles. The molecule has 0 radical (unpaired) electrons. The van der Waals surface area contributed by atoms with E-state index in [1.54, 1.807) is 25.1 Å². The minimum Gasteiger partial charge on any atom is -0.495 e. The summed E-state index contributed by atoms with van der Waals surface area (Å²) in [6.07, 6.45) is 6.78. The van der Waals surface area contributed by atoms with Gasteiger partial charge in [0.05, 0.1) is 24.3 Å². The molecule has 154 valence electrons. The molecule has 8 heteroatoms. The van der Waals surface area contributed by atoms with Crippen LogP contribution in [-0.2, 0) is 22.4 Å². The molecule has 0 atom stereocenters. The molecular formula is C21H21Cl2NO4S. The molecule has 0 fully saturated rings. The van der Waals surface area contributed by atoms with Crippen molar-refractivity contribution in [2.24, 2.45) is 0 Å².